The summed E-state index contributed by atoms with van der Waals surface area (Å²) < 4.78 is 0. The van der Waals surface area contributed by atoms with E-state index < -0.39 is 0 Å². The Kier molecular flexibility index (Phi) is 3.27. The van der Waals surface area contributed by atoms with Crippen LogP contribution >= 0.6 is 0 Å². The third-order valence-corrected chi connectivity index (χ3v) is 3.55. The van der Waals surface area contributed by atoms with Gasteiger partial charge in [0.1, 0.15) is 18.0 Å². The first-order valence-corrected chi connectivity index (χ1v) is 6.00. The minimum Gasteiger partial charge on any atom is -0.383 e. The van der Waals surface area contributed by atoms with Crippen LogP contribution in [0.25, 0.3) is 0 Å². The Morgan fingerprint density at radius 1 is 1.25 bits per heavy atom. The fourth-order valence-corrected chi connectivity index (χ4v) is 2.45. The lowest BCUT2D eigenvalue weighted by molar-refractivity contribution is 0.425. The van der Waals surface area contributed by atoms with Crippen LogP contribution in [0.5, 0.6) is 0 Å². The number of aromatic nitrogens is 2. The number of rotatable bonds is 2. The van der Waals surface area contributed by atoms with E-state index in [2.05, 4.69) is 21.9 Å². The molecule has 0 spiro atoms. The van der Waals surface area contributed by atoms with Gasteiger partial charge in [0.15, 0.2) is 0 Å². The van der Waals surface area contributed by atoms with Gasteiger partial charge in [-0.3, -0.25) is 0 Å². The molecule has 0 amide bonds. The van der Waals surface area contributed by atoms with Gasteiger partial charge in [0.05, 0.1) is 0 Å². The highest BCUT2D eigenvalue weighted by Gasteiger charge is 2.20. The summed E-state index contributed by atoms with van der Waals surface area (Å²) in [5, 5.41) is 0. The van der Waals surface area contributed by atoms with Crippen LogP contribution in [0.1, 0.15) is 37.7 Å². The number of nitrogens with two attached hydrogens (primary N) is 1. The molecule has 1 aromatic rings. The SMILES string of the molecule is Cc1c(N)ncnc1N(C)C1CCCCC1. The largest absolute Gasteiger partial charge is 0.383 e. The van der Waals surface area contributed by atoms with Crippen molar-refractivity contribution in [1.82, 2.24) is 9.97 Å². The van der Waals surface area contributed by atoms with Gasteiger partial charge in [-0.15, -0.1) is 0 Å². The molecule has 4 nitrogen and oxygen atoms in total. The Morgan fingerprint density at radius 3 is 2.62 bits per heavy atom. The van der Waals surface area contributed by atoms with Gasteiger partial charge in [-0.2, -0.15) is 0 Å². The molecule has 0 saturated heterocycles. The van der Waals surface area contributed by atoms with Crippen LogP contribution in [0.4, 0.5) is 11.6 Å². The second kappa shape index (κ2) is 4.68. The molecule has 1 heterocycles. The highest BCUT2D eigenvalue weighted by atomic mass is 15.2. The van der Waals surface area contributed by atoms with E-state index >= 15 is 0 Å². The topological polar surface area (TPSA) is 55.0 Å². The molecule has 0 aromatic carbocycles. The van der Waals surface area contributed by atoms with Crippen LogP contribution in [0, 0.1) is 6.92 Å². The number of hydrogen-bond donors (Lipinski definition) is 1. The molecule has 0 radical (unpaired) electrons. The van der Waals surface area contributed by atoms with Crippen LogP contribution in [0.3, 0.4) is 0 Å². The summed E-state index contributed by atoms with van der Waals surface area (Å²) in [5.41, 5.74) is 6.81. The molecule has 88 valence electrons. The third kappa shape index (κ3) is 2.10. The highest BCUT2D eigenvalue weighted by molar-refractivity contribution is 5.55. The van der Waals surface area contributed by atoms with Crippen molar-refractivity contribution >= 4 is 11.6 Å². The second-order valence-corrected chi connectivity index (χ2v) is 4.61. The fourth-order valence-electron chi connectivity index (χ4n) is 2.45. The molecule has 4 heteroatoms. The van der Waals surface area contributed by atoms with E-state index in [0.29, 0.717) is 11.9 Å². The van der Waals surface area contributed by atoms with Gasteiger partial charge in [0, 0.05) is 18.7 Å². The zero-order valence-corrected chi connectivity index (χ0v) is 10.1. The highest BCUT2D eigenvalue weighted by Crippen LogP contribution is 2.27. The van der Waals surface area contributed by atoms with Gasteiger partial charge in [-0.25, -0.2) is 9.97 Å². The number of anilines is 2. The Bertz CT molecular complexity index is 358. The normalized spacial score (nSPS) is 17.4. The first kappa shape index (κ1) is 11.2. The first-order valence-electron chi connectivity index (χ1n) is 6.00. The molecule has 1 aliphatic rings. The molecule has 0 bridgehead atoms. The van der Waals surface area contributed by atoms with E-state index in [-0.39, 0.29) is 0 Å². The molecule has 2 N–H and O–H groups in total. The van der Waals surface area contributed by atoms with Crippen molar-refractivity contribution in [2.75, 3.05) is 17.7 Å². The summed E-state index contributed by atoms with van der Waals surface area (Å²) >= 11 is 0. The Labute approximate surface area is 96.9 Å². The van der Waals surface area contributed by atoms with Gasteiger partial charge >= 0.3 is 0 Å². The number of nitrogens with zero attached hydrogens (tertiary/aromatic N) is 3. The molecule has 0 unspecified atom stereocenters. The number of hydrogen-bond acceptors (Lipinski definition) is 4. The van der Waals surface area contributed by atoms with Gasteiger partial charge in [-0.1, -0.05) is 19.3 Å². The molecule has 1 aromatic heterocycles. The summed E-state index contributed by atoms with van der Waals surface area (Å²) in [6.45, 7) is 1.99. The smallest absolute Gasteiger partial charge is 0.137 e. The minimum atomic E-state index is 0.590. The van der Waals surface area contributed by atoms with Crippen molar-refractivity contribution in [2.45, 2.75) is 45.1 Å². The van der Waals surface area contributed by atoms with E-state index in [0.717, 1.165) is 11.4 Å². The molecule has 0 atom stereocenters. The Morgan fingerprint density at radius 2 is 1.94 bits per heavy atom. The summed E-state index contributed by atoms with van der Waals surface area (Å²) in [7, 11) is 2.12. The molecule has 1 saturated carbocycles. The first-order chi connectivity index (χ1) is 7.70. The van der Waals surface area contributed by atoms with Gasteiger partial charge in [0.25, 0.3) is 0 Å². The fraction of sp³-hybridized carbons (Fsp3) is 0.667. The van der Waals surface area contributed by atoms with Crippen molar-refractivity contribution in [3.63, 3.8) is 0 Å². The minimum absolute atomic E-state index is 0.590. The molecule has 1 fully saturated rings. The zero-order valence-electron chi connectivity index (χ0n) is 10.1. The van der Waals surface area contributed by atoms with Crippen LogP contribution in [-0.4, -0.2) is 23.1 Å². The average molecular weight is 220 g/mol. The Balaban J connectivity index is 2.19. The molecule has 1 aliphatic carbocycles. The second-order valence-electron chi connectivity index (χ2n) is 4.61. The quantitative estimate of drug-likeness (QED) is 0.829. The van der Waals surface area contributed by atoms with Crippen molar-refractivity contribution in [3.05, 3.63) is 11.9 Å². The van der Waals surface area contributed by atoms with E-state index in [1.807, 2.05) is 6.92 Å². The van der Waals surface area contributed by atoms with E-state index in [9.17, 15) is 0 Å². The van der Waals surface area contributed by atoms with Crippen molar-refractivity contribution in [1.29, 1.82) is 0 Å². The predicted octanol–water partition coefficient (Wildman–Crippen LogP) is 2.14. The predicted molar refractivity (Wildman–Crippen MR) is 66.5 cm³/mol. The summed E-state index contributed by atoms with van der Waals surface area (Å²) in [6, 6.07) is 0.613. The standard InChI is InChI=1S/C12H20N4/c1-9-11(13)14-8-15-12(9)16(2)10-6-4-3-5-7-10/h8,10H,3-7H2,1-2H3,(H2,13,14,15). The van der Waals surface area contributed by atoms with Crippen LogP contribution in [0.15, 0.2) is 6.33 Å². The van der Waals surface area contributed by atoms with Gasteiger partial charge in [-0.05, 0) is 19.8 Å². The van der Waals surface area contributed by atoms with E-state index in [1.165, 1.54) is 32.1 Å². The monoisotopic (exact) mass is 220 g/mol. The van der Waals surface area contributed by atoms with Crippen LogP contribution in [0.2, 0.25) is 0 Å². The maximum Gasteiger partial charge on any atom is 0.137 e. The summed E-state index contributed by atoms with van der Waals surface area (Å²) in [6.07, 6.45) is 8.11. The lowest BCUT2D eigenvalue weighted by Crippen LogP contribution is -2.34. The van der Waals surface area contributed by atoms with E-state index in [1.54, 1.807) is 6.33 Å². The van der Waals surface area contributed by atoms with Gasteiger partial charge in [0.2, 0.25) is 0 Å². The van der Waals surface area contributed by atoms with E-state index in [4.69, 9.17) is 5.73 Å². The molecule has 0 aliphatic heterocycles. The average Bonchev–Trinajstić information content (AvgIpc) is 2.33. The zero-order chi connectivity index (χ0) is 11.5. The van der Waals surface area contributed by atoms with Crippen molar-refractivity contribution < 1.29 is 0 Å². The summed E-state index contributed by atoms with van der Waals surface area (Å²) in [5.74, 6) is 1.58. The molecule has 16 heavy (non-hydrogen) atoms. The van der Waals surface area contributed by atoms with Crippen LogP contribution in [-0.2, 0) is 0 Å². The lowest BCUT2D eigenvalue weighted by Gasteiger charge is -2.32. The van der Waals surface area contributed by atoms with Crippen molar-refractivity contribution in [3.8, 4) is 0 Å². The third-order valence-electron chi connectivity index (χ3n) is 3.55. The van der Waals surface area contributed by atoms with Gasteiger partial charge < -0.3 is 10.6 Å². The van der Waals surface area contributed by atoms with Crippen LogP contribution < -0.4 is 10.6 Å². The number of nitrogen functional groups attached to an aromatic ring is 1. The lowest BCUT2D eigenvalue weighted by atomic mass is 9.94. The maximum atomic E-state index is 5.81. The molecular formula is C12H20N4. The molecular weight excluding hydrogens is 200 g/mol. The Hall–Kier alpha value is -1.32. The van der Waals surface area contributed by atoms with Crippen molar-refractivity contribution in [2.24, 2.45) is 0 Å². The molecule has 2 rings (SSSR count). The maximum absolute atomic E-state index is 5.81. The summed E-state index contributed by atoms with van der Waals surface area (Å²) in [4.78, 5) is 10.6.